The normalized spacial score (nSPS) is 10.5. The van der Waals surface area contributed by atoms with Gasteiger partial charge in [-0.05, 0) is 37.0 Å². The highest BCUT2D eigenvalue weighted by Gasteiger charge is 2.05. The average Bonchev–Trinajstić information content (AvgIpc) is 2.55. The fourth-order valence-corrected chi connectivity index (χ4v) is 2.29. The first kappa shape index (κ1) is 16.2. The summed E-state index contributed by atoms with van der Waals surface area (Å²) in [5.74, 6) is 0.624. The minimum absolute atomic E-state index is 0.624. The summed E-state index contributed by atoms with van der Waals surface area (Å²) >= 11 is 0. The average molecular weight is 299 g/mol. The summed E-state index contributed by atoms with van der Waals surface area (Å²) < 4.78 is 0. The Labute approximate surface area is 132 Å². The van der Waals surface area contributed by atoms with Gasteiger partial charge in [0.2, 0.25) is 5.95 Å². The Bertz CT molecular complexity index is 592. The first-order valence-corrected chi connectivity index (χ1v) is 7.86. The highest BCUT2D eigenvalue weighted by molar-refractivity contribution is 5.46. The van der Waals surface area contributed by atoms with E-state index in [9.17, 15) is 0 Å². The second-order valence-electron chi connectivity index (χ2n) is 5.47. The monoisotopic (exact) mass is 299 g/mol. The quantitative estimate of drug-likeness (QED) is 0.852. The minimum Gasteiger partial charge on any atom is -0.378 e. The molecule has 1 N–H and O–H groups in total. The largest absolute Gasteiger partial charge is 0.378 e. The second-order valence-corrected chi connectivity index (χ2v) is 5.47. The van der Waals surface area contributed by atoms with Crippen LogP contribution in [0.2, 0.25) is 0 Å². The van der Waals surface area contributed by atoms with Crippen molar-refractivity contribution in [1.82, 2.24) is 15.2 Å². The lowest BCUT2D eigenvalue weighted by atomic mass is 10.1. The number of hydrogen-bond acceptors (Lipinski definition) is 5. The number of benzene rings is 1. The van der Waals surface area contributed by atoms with Crippen LogP contribution in [-0.2, 0) is 19.3 Å². The molecule has 118 valence electrons. The molecule has 0 spiro atoms. The second kappa shape index (κ2) is 7.73. The van der Waals surface area contributed by atoms with Crippen LogP contribution >= 0.6 is 0 Å². The lowest BCUT2D eigenvalue weighted by Gasteiger charge is -2.12. The maximum atomic E-state index is 4.54. The standard InChI is InChI=1S/C17H25N5/c1-5-15-16(6-2)20-21-17(19-15)18-12-11-13-7-9-14(10-8-13)22(3)4/h7-10H,5-6,11-12H2,1-4H3,(H,18,19,21). The molecule has 22 heavy (non-hydrogen) atoms. The van der Waals surface area contributed by atoms with Gasteiger partial charge >= 0.3 is 0 Å². The Morgan fingerprint density at radius 3 is 2.23 bits per heavy atom. The molecule has 0 bridgehead atoms. The van der Waals surface area contributed by atoms with Gasteiger partial charge in [0, 0.05) is 26.3 Å². The topological polar surface area (TPSA) is 53.9 Å². The van der Waals surface area contributed by atoms with E-state index in [2.05, 4.69) is 63.5 Å². The first-order chi connectivity index (χ1) is 10.6. The van der Waals surface area contributed by atoms with Crippen LogP contribution in [0.5, 0.6) is 0 Å². The number of aryl methyl sites for hydroxylation is 2. The molecule has 0 amide bonds. The third kappa shape index (κ3) is 4.16. The third-order valence-corrected chi connectivity index (χ3v) is 3.66. The molecule has 5 heteroatoms. The molecule has 0 aliphatic rings. The van der Waals surface area contributed by atoms with Gasteiger partial charge in [0.05, 0.1) is 11.4 Å². The molecule has 0 saturated heterocycles. The number of rotatable bonds is 7. The molecule has 0 saturated carbocycles. The van der Waals surface area contributed by atoms with Gasteiger partial charge in [-0.1, -0.05) is 26.0 Å². The van der Waals surface area contributed by atoms with Gasteiger partial charge in [0.15, 0.2) is 0 Å². The van der Waals surface area contributed by atoms with Gasteiger partial charge in [0.25, 0.3) is 0 Å². The Morgan fingerprint density at radius 2 is 1.64 bits per heavy atom. The van der Waals surface area contributed by atoms with E-state index in [1.165, 1.54) is 11.3 Å². The number of aromatic nitrogens is 3. The van der Waals surface area contributed by atoms with Crippen molar-refractivity contribution >= 4 is 11.6 Å². The lowest BCUT2D eigenvalue weighted by molar-refractivity contribution is 0.817. The van der Waals surface area contributed by atoms with Gasteiger partial charge in [-0.25, -0.2) is 4.98 Å². The predicted octanol–water partition coefficient (Wildman–Crippen LogP) is 2.72. The van der Waals surface area contributed by atoms with Gasteiger partial charge in [-0.3, -0.25) is 0 Å². The fraction of sp³-hybridized carbons (Fsp3) is 0.471. The van der Waals surface area contributed by atoms with Crippen molar-refractivity contribution in [3.8, 4) is 0 Å². The summed E-state index contributed by atoms with van der Waals surface area (Å²) in [6, 6.07) is 8.60. The Kier molecular flexibility index (Phi) is 5.69. The van der Waals surface area contributed by atoms with Crippen molar-refractivity contribution in [2.45, 2.75) is 33.1 Å². The third-order valence-electron chi connectivity index (χ3n) is 3.66. The Morgan fingerprint density at radius 1 is 0.955 bits per heavy atom. The van der Waals surface area contributed by atoms with E-state index in [0.29, 0.717) is 5.95 Å². The van der Waals surface area contributed by atoms with Crippen molar-refractivity contribution in [1.29, 1.82) is 0 Å². The van der Waals surface area contributed by atoms with Crippen molar-refractivity contribution in [2.75, 3.05) is 30.9 Å². The smallest absolute Gasteiger partial charge is 0.242 e. The minimum atomic E-state index is 0.624. The fourth-order valence-electron chi connectivity index (χ4n) is 2.29. The highest BCUT2D eigenvalue weighted by atomic mass is 15.2. The number of nitrogens with zero attached hydrogens (tertiary/aromatic N) is 4. The zero-order valence-electron chi connectivity index (χ0n) is 13.9. The molecule has 5 nitrogen and oxygen atoms in total. The SMILES string of the molecule is CCc1nnc(NCCc2ccc(N(C)C)cc2)nc1CC. The molecule has 0 radical (unpaired) electrons. The molecule has 1 aromatic heterocycles. The Hall–Kier alpha value is -2.17. The van der Waals surface area contributed by atoms with E-state index in [0.717, 1.165) is 37.2 Å². The van der Waals surface area contributed by atoms with Crippen LogP contribution in [0.25, 0.3) is 0 Å². The van der Waals surface area contributed by atoms with Gasteiger partial charge in [-0.2, -0.15) is 5.10 Å². The molecule has 0 fully saturated rings. The molecule has 0 aliphatic carbocycles. The molecular formula is C17H25N5. The van der Waals surface area contributed by atoms with Crippen molar-refractivity contribution in [3.05, 3.63) is 41.2 Å². The van der Waals surface area contributed by atoms with E-state index in [1.54, 1.807) is 0 Å². The summed E-state index contributed by atoms with van der Waals surface area (Å²) in [5, 5.41) is 11.7. The van der Waals surface area contributed by atoms with Crippen molar-refractivity contribution < 1.29 is 0 Å². The van der Waals surface area contributed by atoms with E-state index in [4.69, 9.17) is 0 Å². The summed E-state index contributed by atoms with van der Waals surface area (Å²) in [6.45, 7) is 4.98. The molecule has 0 atom stereocenters. The molecular weight excluding hydrogens is 274 g/mol. The van der Waals surface area contributed by atoms with Crippen LogP contribution in [0.1, 0.15) is 30.8 Å². The Balaban J connectivity index is 1.90. The van der Waals surface area contributed by atoms with Gasteiger partial charge < -0.3 is 10.2 Å². The maximum Gasteiger partial charge on any atom is 0.242 e. The number of hydrogen-bond donors (Lipinski definition) is 1. The molecule has 2 aromatic rings. The van der Waals surface area contributed by atoms with Crippen LogP contribution < -0.4 is 10.2 Å². The maximum absolute atomic E-state index is 4.54. The van der Waals surface area contributed by atoms with Gasteiger partial charge in [0.1, 0.15) is 0 Å². The van der Waals surface area contributed by atoms with Crippen LogP contribution in [0.3, 0.4) is 0 Å². The summed E-state index contributed by atoms with van der Waals surface area (Å²) in [5.41, 5.74) is 4.54. The molecule has 0 aliphatic heterocycles. The molecule has 1 aromatic carbocycles. The number of anilines is 2. The zero-order valence-corrected chi connectivity index (χ0v) is 13.9. The van der Waals surface area contributed by atoms with Gasteiger partial charge in [-0.15, -0.1) is 5.10 Å². The molecule has 0 unspecified atom stereocenters. The molecule has 2 rings (SSSR count). The lowest BCUT2D eigenvalue weighted by Crippen LogP contribution is -2.12. The van der Waals surface area contributed by atoms with Crippen LogP contribution in [0.4, 0.5) is 11.6 Å². The van der Waals surface area contributed by atoms with E-state index in [-0.39, 0.29) is 0 Å². The van der Waals surface area contributed by atoms with Crippen molar-refractivity contribution in [3.63, 3.8) is 0 Å². The summed E-state index contributed by atoms with van der Waals surface area (Å²) in [4.78, 5) is 6.64. The van der Waals surface area contributed by atoms with E-state index in [1.807, 2.05) is 14.1 Å². The van der Waals surface area contributed by atoms with Crippen LogP contribution in [0, 0.1) is 0 Å². The first-order valence-electron chi connectivity index (χ1n) is 7.86. The zero-order chi connectivity index (χ0) is 15.9. The summed E-state index contributed by atoms with van der Waals surface area (Å²) in [6.07, 6.45) is 2.70. The number of nitrogens with one attached hydrogen (secondary N) is 1. The van der Waals surface area contributed by atoms with Crippen LogP contribution in [-0.4, -0.2) is 35.8 Å². The van der Waals surface area contributed by atoms with Crippen molar-refractivity contribution in [2.24, 2.45) is 0 Å². The van der Waals surface area contributed by atoms with E-state index >= 15 is 0 Å². The molecule has 1 heterocycles. The summed E-state index contributed by atoms with van der Waals surface area (Å²) in [7, 11) is 4.10. The predicted molar refractivity (Wildman–Crippen MR) is 91.5 cm³/mol. The van der Waals surface area contributed by atoms with Crippen LogP contribution in [0.15, 0.2) is 24.3 Å². The highest BCUT2D eigenvalue weighted by Crippen LogP contribution is 2.13. The van der Waals surface area contributed by atoms with E-state index < -0.39 is 0 Å².